The predicted octanol–water partition coefficient (Wildman–Crippen LogP) is 4.07. The van der Waals surface area contributed by atoms with Crippen LogP contribution in [0.15, 0.2) is 41.1 Å². The Kier molecular flexibility index (Phi) is 5.13. The molecular formula is C24H25N5O3. The molecule has 0 saturated carbocycles. The standard InChI is InChI=1S/C24H25N5O3/c1-14(26-24(30)22-15(2)32-20-7-5-4-6-18(20)22)23-27-21-12-19(25-13-29(21)28-23)16-8-10-17(31-3)11-9-16/h8-14H,4-7H2,1-3H3,(H,26,30)/t14-/m1/s1. The minimum Gasteiger partial charge on any atom is -0.497 e. The van der Waals surface area contributed by atoms with Crippen molar-refractivity contribution in [3.8, 4) is 17.0 Å². The summed E-state index contributed by atoms with van der Waals surface area (Å²) in [6.45, 7) is 3.74. The Bertz CT molecular complexity index is 1290. The fourth-order valence-corrected chi connectivity index (χ4v) is 4.25. The lowest BCUT2D eigenvalue weighted by molar-refractivity contribution is 0.0936. The first-order valence-electron chi connectivity index (χ1n) is 10.8. The van der Waals surface area contributed by atoms with Gasteiger partial charge in [0.1, 0.15) is 23.6 Å². The van der Waals surface area contributed by atoms with Crippen molar-refractivity contribution < 1.29 is 13.9 Å². The number of methoxy groups -OCH3 is 1. The van der Waals surface area contributed by atoms with Crippen LogP contribution in [0, 0.1) is 6.92 Å². The molecule has 3 heterocycles. The Hall–Kier alpha value is -3.68. The molecule has 0 spiro atoms. The van der Waals surface area contributed by atoms with Gasteiger partial charge >= 0.3 is 0 Å². The molecule has 32 heavy (non-hydrogen) atoms. The largest absolute Gasteiger partial charge is 0.497 e. The normalized spacial score (nSPS) is 14.2. The minimum atomic E-state index is -0.361. The zero-order valence-electron chi connectivity index (χ0n) is 18.4. The Balaban J connectivity index is 1.37. The number of furan rings is 1. The van der Waals surface area contributed by atoms with Crippen molar-refractivity contribution in [2.45, 2.75) is 45.6 Å². The van der Waals surface area contributed by atoms with Crippen molar-refractivity contribution in [2.24, 2.45) is 0 Å². The highest BCUT2D eigenvalue weighted by Crippen LogP contribution is 2.30. The van der Waals surface area contributed by atoms with E-state index in [-0.39, 0.29) is 11.9 Å². The Morgan fingerprint density at radius 3 is 2.78 bits per heavy atom. The number of ether oxygens (including phenoxy) is 1. The van der Waals surface area contributed by atoms with Crippen LogP contribution in [0.2, 0.25) is 0 Å². The smallest absolute Gasteiger partial charge is 0.255 e. The van der Waals surface area contributed by atoms with E-state index in [4.69, 9.17) is 9.15 Å². The molecule has 0 radical (unpaired) electrons. The molecule has 8 nitrogen and oxygen atoms in total. The van der Waals surface area contributed by atoms with E-state index >= 15 is 0 Å². The fraction of sp³-hybridized carbons (Fsp3) is 0.333. The maximum atomic E-state index is 13.0. The van der Waals surface area contributed by atoms with Crippen molar-refractivity contribution in [1.82, 2.24) is 24.9 Å². The molecule has 0 saturated heterocycles. The molecule has 8 heteroatoms. The van der Waals surface area contributed by atoms with E-state index in [2.05, 4.69) is 20.4 Å². The molecule has 4 aromatic rings. The van der Waals surface area contributed by atoms with Crippen LogP contribution >= 0.6 is 0 Å². The number of aryl methyl sites for hydroxylation is 2. The molecule has 0 bridgehead atoms. The van der Waals surface area contributed by atoms with Crippen LogP contribution in [0.4, 0.5) is 0 Å². The summed E-state index contributed by atoms with van der Waals surface area (Å²) < 4.78 is 12.7. The lowest BCUT2D eigenvalue weighted by Crippen LogP contribution is -2.28. The molecule has 0 fully saturated rings. The van der Waals surface area contributed by atoms with Crippen LogP contribution in [0.5, 0.6) is 5.75 Å². The van der Waals surface area contributed by atoms with E-state index in [1.807, 2.05) is 44.2 Å². The molecule has 0 aliphatic heterocycles. The fourth-order valence-electron chi connectivity index (χ4n) is 4.25. The second kappa shape index (κ2) is 8.11. The highest BCUT2D eigenvalue weighted by molar-refractivity contribution is 5.97. The lowest BCUT2D eigenvalue weighted by Gasteiger charge is -2.13. The van der Waals surface area contributed by atoms with E-state index in [1.54, 1.807) is 18.0 Å². The van der Waals surface area contributed by atoms with E-state index in [1.165, 1.54) is 0 Å². The quantitative estimate of drug-likeness (QED) is 0.512. The highest BCUT2D eigenvalue weighted by Gasteiger charge is 2.26. The summed E-state index contributed by atoms with van der Waals surface area (Å²) in [4.78, 5) is 22.1. The number of aromatic nitrogens is 4. The number of fused-ring (bicyclic) bond motifs is 2. The summed E-state index contributed by atoms with van der Waals surface area (Å²) in [6, 6.07) is 9.20. The highest BCUT2D eigenvalue weighted by atomic mass is 16.5. The molecule has 1 N–H and O–H groups in total. The Morgan fingerprint density at radius 2 is 2.00 bits per heavy atom. The summed E-state index contributed by atoms with van der Waals surface area (Å²) in [7, 11) is 1.64. The number of nitrogens with one attached hydrogen (secondary N) is 1. The number of amides is 1. The number of nitrogens with zero attached hydrogens (tertiary/aromatic N) is 4. The molecule has 1 aromatic carbocycles. The van der Waals surface area contributed by atoms with Gasteiger partial charge in [-0.2, -0.15) is 0 Å². The van der Waals surface area contributed by atoms with Gasteiger partial charge in [-0.15, -0.1) is 5.10 Å². The maximum Gasteiger partial charge on any atom is 0.255 e. The van der Waals surface area contributed by atoms with Gasteiger partial charge in [-0.05, 0) is 57.4 Å². The van der Waals surface area contributed by atoms with Gasteiger partial charge in [0.05, 0.1) is 24.4 Å². The van der Waals surface area contributed by atoms with Gasteiger partial charge in [0.15, 0.2) is 11.5 Å². The van der Waals surface area contributed by atoms with Gasteiger partial charge < -0.3 is 14.5 Å². The van der Waals surface area contributed by atoms with Crippen LogP contribution in [-0.4, -0.2) is 32.6 Å². The number of hydrogen-bond acceptors (Lipinski definition) is 6. The summed E-state index contributed by atoms with van der Waals surface area (Å²) in [5, 5.41) is 7.54. The second-order valence-corrected chi connectivity index (χ2v) is 8.11. The van der Waals surface area contributed by atoms with E-state index in [0.717, 1.165) is 54.0 Å². The first-order valence-corrected chi connectivity index (χ1v) is 10.8. The van der Waals surface area contributed by atoms with Gasteiger partial charge in [-0.1, -0.05) is 0 Å². The molecule has 1 amide bonds. The van der Waals surface area contributed by atoms with Crippen LogP contribution in [-0.2, 0) is 12.8 Å². The molecule has 1 aliphatic carbocycles. The van der Waals surface area contributed by atoms with E-state index < -0.39 is 0 Å². The number of carbonyl (C=O) groups excluding carboxylic acids is 1. The molecular weight excluding hydrogens is 406 g/mol. The SMILES string of the molecule is COc1ccc(-c2cc3nc([C@@H](C)NC(=O)c4c(C)oc5c4CCCC5)nn3cn2)cc1. The van der Waals surface area contributed by atoms with E-state index in [0.29, 0.717) is 22.8 Å². The molecule has 3 aromatic heterocycles. The summed E-state index contributed by atoms with van der Waals surface area (Å²) in [5.74, 6) is 2.81. The van der Waals surface area contributed by atoms with Crippen molar-refractivity contribution in [3.63, 3.8) is 0 Å². The summed E-state index contributed by atoms with van der Waals surface area (Å²) >= 11 is 0. The van der Waals surface area contributed by atoms with Crippen molar-refractivity contribution >= 4 is 11.6 Å². The van der Waals surface area contributed by atoms with Crippen LogP contribution < -0.4 is 10.1 Å². The molecule has 1 atom stereocenters. The monoisotopic (exact) mass is 431 g/mol. The Morgan fingerprint density at radius 1 is 1.22 bits per heavy atom. The van der Waals surface area contributed by atoms with Gasteiger partial charge in [0.25, 0.3) is 5.91 Å². The number of carbonyl (C=O) groups is 1. The summed E-state index contributed by atoms with van der Waals surface area (Å²) in [6.07, 6.45) is 5.61. The maximum absolute atomic E-state index is 13.0. The van der Waals surface area contributed by atoms with E-state index in [9.17, 15) is 4.79 Å². The van der Waals surface area contributed by atoms with Gasteiger partial charge in [-0.25, -0.2) is 14.5 Å². The topological polar surface area (TPSA) is 94.5 Å². The zero-order chi connectivity index (χ0) is 22.2. The predicted molar refractivity (Wildman–Crippen MR) is 119 cm³/mol. The van der Waals surface area contributed by atoms with Gasteiger partial charge in [0, 0.05) is 23.6 Å². The van der Waals surface area contributed by atoms with Gasteiger partial charge in [-0.3, -0.25) is 4.79 Å². The van der Waals surface area contributed by atoms with Gasteiger partial charge in [0.2, 0.25) is 0 Å². The number of hydrogen-bond donors (Lipinski definition) is 1. The number of benzene rings is 1. The lowest BCUT2D eigenvalue weighted by atomic mass is 9.94. The third kappa shape index (κ3) is 3.62. The molecule has 5 rings (SSSR count). The minimum absolute atomic E-state index is 0.141. The average molecular weight is 431 g/mol. The first-order chi connectivity index (χ1) is 15.5. The van der Waals surface area contributed by atoms with Crippen LogP contribution in [0.25, 0.3) is 16.9 Å². The average Bonchev–Trinajstić information content (AvgIpc) is 3.38. The number of rotatable bonds is 5. The van der Waals surface area contributed by atoms with Crippen LogP contribution in [0.1, 0.15) is 59.1 Å². The molecule has 0 unspecified atom stereocenters. The third-order valence-electron chi connectivity index (χ3n) is 5.94. The first kappa shape index (κ1) is 20.2. The molecule has 1 aliphatic rings. The molecule has 164 valence electrons. The third-order valence-corrected chi connectivity index (χ3v) is 5.94. The van der Waals surface area contributed by atoms with Crippen molar-refractivity contribution in [3.05, 3.63) is 65.1 Å². The van der Waals surface area contributed by atoms with Crippen molar-refractivity contribution in [1.29, 1.82) is 0 Å². The van der Waals surface area contributed by atoms with Crippen molar-refractivity contribution in [2.75, 3.05) is 7.11 Å². The summed E-state index contributed by atoms with van der Waals surface area (Å²) in [5.41, 5.74) is 4.13. The zero-order valence-corrected chi connectivity index (χ0v) is 18.4. The Labute approximate surface area is 185 Å². The second-order valence-electron chi connectivity index (χ2n) is 8.11. The van der Waals surface area contributed by atoms with Crippen LogP contribution in [0.3, 0.4) is 0 Å².